The first-order valence-electron chi connectivity index (χ1n) is 6.66. The molecule has 8 heteroatoms. The number of aliphatic imine (C=N–C) groups is 1. The Morgan fingerprint density at radius 3 is 2.59 bits per heavy atom. The van der Waals surface area contributed by atoms with E-state index < -0.39 is 0 Å². The highest BCUT2D eigenvalue weighted by atomic mass is 127. The summed E-state index contributed by atoms with van der Waals surface area (Å²) in [7, 11) is 0. The van der Waals surface area contributed by atoms with Gasteiger partial charge in [0, 0.05) is 5.69 Å². The minimum absolute atomic E-state index is 0. The maximum Gasteiger partial charge on any atom is 0.193 e. The summed E-state index contributed by atoms with van der Waals surface area (Å²) in [5, 5.41) is 6.98. The van der Waals surface area contributed by atoms with Crippen molar-refractivity contribution in [2.75, 3.05) is 5.32 Å². The number of guanidine groups is 1. The number of aromatic nitrogens is 2. The summed E-state index contributed by atoms with van der Waals surface area (Å²) in [6.07, 6.45) is 0.159. The fourth-order valence-corrected chi connectivity index (χ4v) is 2.19. The number of rotatable bonds is 5. The van der Waals surface area contributed by atoms with E-state index in [1.54, 1.807) is 0 Å². The molecular formula is C14H20IN5OS. The van der Waals surface area contributed by atoms with Gasteiger partial charge >= 0.3 is 0 Å². The fourth-order valence-electron chi connectivity index (χ4n) is 1.63. The fraction of sp³-hybridized carbons (Fsp3) is 0.357. The predicted octanol–water partition coefficient (Wildman–Crippen LogP) is 3.18. The summed E-state index contributed by atoms with van der Waals surface area (Å²) in [6, 6.07) is 7.60. The third-order valence-corrected chi connectivity index (χ3v) is 3.45. The average molecular weight is 433 g/mol. The van der Waals surface area contributed by atoms with Gasteiger partial charge in [-0.3, -0.25) is 0 Å². The molecule has 6 nitrogen and oxygen atoms in total. The zero-order valence-corrected chi connectivity index (χ0v) is 15.9. The lowest BCUT2D eigenvalue weighted by atomic mass is 10.3. The summed E-state index contributed by atoms with van der Waals surface area (Å²) >= 11 is 1.34. The molecule has 0 saturated carbocycles. The van der Waals surface area contributed by atoms with Crippen molar-refractivity contribution in [3.8, 4) is 5.75 Å². The normalized spacial score (nSPS) is 11.2. The Bertz CT molecular complexity index is 612. The van der Waals surface area contributed by atoms with Gasteiger partial charge < -0.3 is 15.8 Å². The minimum atomic E-state index is 0. The summed E-state index contributed by atoms with van der Waals surface area (Å²) in [5.41, 5.74) is 7.62. The van der Waals surface area contributed by atoms with Gasteiger partial charge in [0.15, 0.2) is 5.96 Å². The summed E-state index contributed by atoms with van der Waals surface area (Å²) in [4.78, 5) is 5.29. The molecule has 0 unspecified atom stereocenters. The third-order valence-electron chi connectivity index (χ3n) is 2.64. The molecule has 1 aromatic carbocycles. The van der Waals surface area contributed by atoms with Crippen molar-refractivity contribution < 1.29 is 4.74 Å². The van der Waals surface area contributed by atoms with Crippen molar-refractivity contribution in [3.05, 3.63) is 34.8 Å². The molecule has 0 amide bonds. The Labute approximate surface area is 151 Å². The van der Waals surface area contributed by atoms with Crippen LogP contribution in [-0.2, 0) is 6.54 Å². The molecule has 2 rings (SSSR count). The Balaban J connectivity index is 0.00000242. The zero-order valence-electron chi connectivity index (χ0n) is 12.7. The van der Waals surface area contributed by atoms with Crippen molar-refractivity contribution in [2.24, 2.45) is 10.7 Å². The molecule has 0 aliphatic carbocycles. The number of benzene rings is 1. The quantitative estimate of drug-likeness (QED) is 0.430. The number of ether oxygens (including phenoxy) is 1. The van der Waals surface area contributed by atoms with Gasteiger partial charge in [-0.2, -0.15) is 0 Å². The topological polar surface area (TPSA) is 85.4 Å². The first-order valence-corrected chi connectivity index (χ1v) is 7.43. The van der Waals surface area contributed by atoms with Crippen LogP contribution in [-0.4, -0.2) is 21.7 Å². The monoisotopic (exact) mass is 433 g/mol. The Kier molecular flexibility index (Phi) is 7.52. The van der Waals surface area contributed by atoms with E-state index in [1.165, 1.54) is 11.5 Å². The number of nitrogens with one attached hydrogen (secondary N) is 1. The van der Waals surface area contributed by atoms with Crippen LogP contribution in [0.2, 0.25) is 0 Å². The summed E-state index contributed by atoms with van der Waals surface area (Å²) in [5.74, 6) is 1.19. The molecule has 0 spiro atoms. The molecule has 22 heavy (non-hydrogen) atoms. The van der Waals surface area contributed by atoms with Crippen LogP contribution in [0.15, 0.2) is 29.3 Å². The zero-order chi connectivity index (χ0) is 15.2. The van der Waals surface area contributed by atoms with E-state index in [0.717, 1.165) is 22.0 Å². The van der Waals surface area contributed by atoms with Crippen LogP contribution < -0.4 is 15.8 Å². The molecule has 0 fully saturated rings. The molecule has 1 heterocycles. The molecule has 0 radical (unpaired) electrons. The highest BCUT2D eigenvalue weighted by Gasteiger charge is 2.03. The lowest BCUT2D eigenvalue weighted by Crippen LogP contribution is -2.22. The molecule has 0 aliphatic rings. The van der Waals surface area contributed by atoms with Crippen molar-refractivity contribution in [3.63, 3.8) is 0 Å². The van der Waals surface area contributed by atoms with Crippen molar-refractivity contribution >= 4 is 47.2 Å². The van der Waals surface area contributed by atoms with Gasteiger partial charge in [-0.15, -0.1) is 29.1 Å². The maximum atomic E-state index is 5.86. The smallest absolute Gasteiger partial charge is 0.193 e. The molecule has 120 valence electrons. The van der Waals surface area contributed by atoms with Crippen molar-refractivity contribution in [2.45, 2.75) is 33.4 Å². The van der Waals surface area contributed by atoms with E-state index in [9.17, 15) is 0 Å². The van der Waals surface area contributed by atoms with Crippen LogP contribution in [0.3, 0.4) is 0 Å². The second-order valence-electron chi connectivity index (χ2n) is 4.80. The predicted molar refractivity (Wildman–Crippen MR) is 101 cm³/mol. The molecular weight excluding hydrogens is 413 g/mol. The number of nitrogens with two attached hydrogens (primary N) is 1. The van der Waals surface area contributed by atoms with E-state index in [4.69, 9.17) is 10.5 Å². The standard InChI is InChI=1S/C14H19N5OS.HI/c1-9(2)20-12-6-4-11(5-7-12)17-14(15)16-8-13-10(3)18-19-21-13;/h4-7,9H,8H2,1-3H3,(H3,15,16,17);1H. The van der Waals surface area contributed by atoms with Gasteiger partial charge in [0.2, 0.25) is 0 Å². The first kappa shape index (κ1) is 18.6. The Morgan fingerprint density at radius 2 is 2.05 bits per heavy atom. The second kappa shape index (κ2) is 8.89. The van der Waals surface area contributed by atoms with Crippen molar-refractivity contribution in [1.29, 1.82) is 0 Å². The second-order valence-corrected chi connectivity index (χ2v) is 5.64. The van der Waals surface area contributed by atoms with Crippen molar-refractivity contribution in [1.82, 2.24) is 9.59 Å². The lowest BCUT2D eigenvalue weighted by molar-refractivity contribution is 0.242. The number of hydrogen-bond donors (Lipinski definition) is 2. The van der Waals surface area contributed by atoms with E-state index in [-0.39, 0.29) is 30.1 Å². The van der Waals surface area contributed by atoms with Gasteiger partial charge in [0.1, 0.15) is 5.75 Å². The van der Waals surface area contributed by atoms with Crippen LogP contribution >= 0.6 is 35.5 Å². The minimum Gasteiger partial charge on any atom is -0.491 e. The van der Waals surface area contributed by atoms with Gasteiger partial charge in [0.05, 0.1) is 23.2 Å². The van der Waals surface area contributed by atoms with Gasteiger partial charge in [-0.05, 0) is 56.6 Å². The van der Waals surface area contributed by atoms with Crippen LogP contribution in [0, 0.1) is 6.92 Å². The van der Waals surface area contributed by atoms with E-state index in [1.807, 2.05) is 45.0 Å². The maximum absolute atomic E-state index is 5.86. The van der Waals surface area contributed by atoms with Crippen LogP contribution in [0.1, 0.15) is 24.4 Å². The highest BCUT2D eigenvalue weighted by Crippen LogP contribution is 2.17. The number of halogens is 1. The SMILES string of the molecule is Cc1nnsc1CN=C(N)Nc1ccc(OC(C)C)cc1.I. The molecule has 0 saturated heterocycles. The van der Waals surface area contributed by atoms with E-state index in [0.29, 0.717) is 12.5 Å². The van der Waals surface area contributed by atoms with E-state index >= 15 is 0 Å². The molecule has 0 bridgehead atoms. The van der Waals surface area contributed by atoms with Gasteiger partial charge in [0.25, 0.3) is 0 Å². The lowest BCUT2D eigenvalue weighted by Gasteiger charge is -2.10. The Hall–Kier alpha value is -1.42. The van der Waals surface area contributed by atoms with E-state index in [2.05, 4.69) is 19.9 Å². The summed E-state index contributed by atoms with van der Waals surface area (Å²) in [6.45, 7) is 6.38. The van der Waals surface area contributed by atoms with Crippen LogP contribution in [0.5, 0.6) is 5.75 Å². The molecule has 0 aliphatic heterocycles. The molecule has 2 aromatic rings. The highest BCUT2D eigenvalue weighted by molar-refractivity contribution is 14.0. The number of hydrogen-bond acceptors (Lipinski definition) is 5. The average Bonchev–Trinajstić information content (AvgIpc) is 2.84. The van der Waals surface area contributed by atoms with Crippen LogP contribution in [0.4, 0.5) is 5.69 Å². The largest absolute Gasteiger partial charge is 0.491 e. The van der Waals surface area contributed by atoms with Gasteiger partial charge in [-0.1, -0.05) is 4.49 Å². The molecule has 1 aromatic heterocycles. The first-order chi connectivity index (χ1) is 10.0. The number of aryl methyl sites for hydroxylation is 1. The van der Waals surface area contributed by atoms with Crippen LogP contribution in [0.25, 0.3) is 0 Å². The Morgan fingerprint density at radius 1 is 1.36 bits per heavy atom. The molecule has 0 atom stereocenters. The van der Waals surface area contributed by atoms with Gasteiger partial charge in [-0.25, -0.2) is 4.99 Å². The molecule has 3 N–H and O–H groups in total. The number of nitrogens with zero attached hydrogens (tertiary/aromatic N) is 3. The number of anilines is 1. The third kappa shape index (κ3) is 5.76. The summed E-state index contributed by atoms with van der Waals surface area (Å²) < 4.78 is 9.45.